The van der Waals surface area contributed by atoms with Gasteiger partial charge in [0, 0.05) is 33.1 Å². The third-order valence-electron chi connectivity index (χ3n) is 4.84. The Balaban J connectivity index is 1.47. The third-order valence-corrected chi connectivity index (χ3v) is 4.84. The molecule has 3 heterocycles. The number of rotatable bonds is 3. The molecule has 1 amide bonds. The van der Waals surface area contributed by atoms with Crippen molar-refractivity contribution in [2.24, 2.45) is 0 Å². The molecular weight excluding hydrogens is 339 g/mol. The SMILES string of the molecule is Cc1nnc(N(C)C2CCN(C(=O)c3cc(F)cc4[nH]cnc34)CC2)o1. The molecule has 1 saturated heterocycles. The van der Waals surface area contributed by atoms with Crippen LogP contribution in [0.5, 0.6) is 0 Å². The molecule has 0 spiro atoms. The number of nitrogens with one attached hydrogen (secondary N) is 1. The number of aryl methyl sites for hydroxylation is 1. The summed E-state index contributed by atoms with van der Waals surface area (Å²) in [7, 11) is 1.91. The largest absolute Gasteiger partial charge is 0.408 e. The van der Waals surface area contributed by atoms with E-state index in [0.29, 0.717) is 41.6 Å². The highest BCUT2D eigenvalue weighted by atomic mass is 19.1. The van der Waals surface area contributed by atoms with Crippen LogP contribution in [0.4, 0.5) is 10.4 Å². The van der Waals surface area contributed by atoms with Gasteiger partial charge in [-0.15, -0.1) is 5.10 Å². The number of imidazole rings is 1. The summed E-state index contributed by atoms with van der Waals surface area (Å²) in [5.41, 5.74) is 1.31. The molecule has 8 nitrogen and oxygen atoms in total. The van der Waals surface area contributed by atoms with E-state index in [1.54, 1.807) is 11.8 Å². The first-order chi connectivity index (χ1) is 12.5. The van der Waals surface area contributed by atoms with Gasteiger partial charge in [0.25, 0.3) is 5.91 Å². The van der Waals surface area contributed by atoms with Crippen LogP contribution in [0.3, 0.4) is 0 Å². The fraction of sp³-hybridized carbons (Fsp3) is 0.412. The molecule has 136 valence electrons. The number of nitrogens with zero attached hydrogens (tertiary/aromatic N) is 5. The maximum absolute atomic E-state index is 13.8. The van der Waals surface area contributed by atoms with Gasteiger partial charge < -0.3 is 19.2 Å². The van der Waals surface area contributed by atoms with Crippen LogP contribution in [-0.4, -0.2) is 57.2 Å². The minimum absolute atomic E-state index is 0.198. The summed E-state index contributed by atoms with van der Waals surface area (Å²) < 4.78 is 19.3. The van der Waals surface area contributed by atoms with Crippen LogP contribution in [0.25, 0.3) is 11.0 Å². The molecule has 26 heavy (non-hydrogen) atoms. The first-order valence-electron chi connectivity index (χ1n) is 8.48. The summed E-state index contributed by atoms with van der Waals surface area (Å²) in [5.74, 6) is -0.128. The van der Waals surface area contributed by atoms with E-state index in [9.17, 15) is 9.18 Å². The molecule has 0 radical (unpaired) electrons. The van der Waals surface area contributed by atoms with Crippen molar-refractivity contribution in [1.82, 2.24) is 25.1 Å². The molecule has 3 aromatic rings. The molecule has 2 aromatic heterocycles. The summed E-state index contributed by atoms with van der Waals surface area (Å²) in [6.07, 6.45) is 3.00. The number of hydrogen-bond donors (Lipinski definition) is 1. The van der Waals surface area contributed by atoms with Gasteiger partial charge in [-0.25, -0.2) is 9.37 Å². The van der Waals surface area contributed by atoms with Crippen molar-refractivity contribution in [3.63, 3.8) is 0 Å². The molecule has 1 N–H and O–H groups in total. The molecule has 1 aliphatic heterocycles. The van der Waals surface area contributed by atoms with Crippen LogP contribution < -0.4 is 4.90 Å². The predicted octanol–water partition coefficient (Wildman–Crippen LogP) is 2.13. The standard InChI is InChI=1S/C17H19FN6O2/c1-10-21-22-17(26-10)23(2)12-3-5-24(6-4-12)16(25)13-7-11(18)8-14-15(13)20-9-19-14/h7-9,12H,3-6H2,1-2H3,(H,19,20). The van der Waals surface area contributed by atoms with Gasteiger partial charge in [-0.05, 0) is 25.0 Å². The first kappa shape index (κ1) is 16.5. The van der Waals surface area contributed by atoms with Crippen molar-refractivity contribution < 1.29 is 13.6 Å². The number of carbonyl (C=O) groups excluding carboxylic acids is 1. The number of carbonyl (C=O) groups is 1. The highest BCUT2D eigenvalue weighted by Crippen LogP contribution is 2.24. The lowest BCUT2D eigenvalue weighted by molar-refractivity contribution is 0.0714. The van der Waals surface area contributed by atoms with Crippen LogP contribution >= 0.6 is 0 Å². The van der Waals surface area contributed by atoms with E-state index in [1.807, 2.05) is 11.9 Å². The molecule has 1 aromatic carbocycles. The molecule has 0 saturated carbocycles. The Morgan fingerprint density at radius 3 is 2.81 bits per heavy atom. The van der Waals surface area contributed by atoms with E-state index in [0.717, 1.165) is 12.8 Å². The Morgan fingerprint density at radius 2 is 2.12 bits per heavy atom. The van der Waals surface area contributed by atoms with Crippen molar-refractivity contribution in [3.8, 4) is 0 Å². The molecule has 0 atom stereocenters. The maximum atomic E-state index is 13.8. The summed E-state index contributed by atoms with van der Waals surface area (Å²) in [4.78, 5) is 23.6. The topological polar surface area (TPSA) is 91.2 Å². The lowest BCUT2D eigenvalue weighted by Crippen LogP contribution is -2.45. The van der Waals surface area contributed by atoms with Crippen LogP contribution in [0.15, 0.2) is 22.9 Å². The van der Waals surface area contributed by atoms with E-state index in [2.05, 4.69) is 20.2 Å². The zero-order valence-electron chi connectivity index (χ0n) is 14.6. The Labute approximate surface area is 149 Å². The normalized spacial score (nSPS) is 15.6. The first-order valence-corrected chi connectivity index (χ1v) is 8.48. The van der Waals surface area contributed by atoms with Gasteiger partial charge in [-0.1, -0.05) is 5.10 Å². The van der Waals surface area contributed by atoms with E-state index >= 15 is 0 Å². The predicted molar refractivity (Wildman–Crippen MR) is 92.4 cm³/mol. The number of benzene rings is 1. The zero-order valence-corrected chi connectivity index (χ0v) is 14.6. The molecule has 1 aliphatic rings. The summed E-state index contributed by atoms with van der Waals surface area (Å²) in [5, 5.41) is 7.89. The van der Waals surface area contributed by atoms with Crippen molar-refractivity contribution in [2.75, 3.05) is 25.0 Å². The van der Waals surface area contributed by atoms with Gasteiger partial charge in [-0.3, -0.25) is 4.79 Å². The number of hydrogen-bond acceptors (Lipinski definition) is 6. The Hall–Kier alpha value is -2.97. The van der Waals surface area contributed by atoms with Gasteiger partial charge in [0.2, 0.25) is 5.89 Å². The molecule has 1 fully saturated rings. The zero-order chi connectivity index (χ0) is 18.3. The molecule has 0 aliphatic carbocycles. The molecule has 0 unspecified atom stereocenters. The van der Waals surface area contributed by atoms with Crippen LogP contribution in [0, 0.1) is 12.7 Å². The van der Waals surface area contributed by atoms with Gasteiger partial charge in [0.15, 0.2) is 0 Å². The second-order valence-electron chi connectivity index (χ2n) is 6.49. The number of amides is 1. The number of halogens is 1. The van der Waals surface area contributed by atoms with E-state index in [1.165, 1.54) is 18.5 Å². The number of fused-ring (bicyclic) bond motifs is 1. The fourth-order valence-corrected chi connectivity index (χ4v) is 3.39. The van der Waals surface area contributed by atoms with E-state index < -0.39 is 5.82 Å². The third kappa shape index (κ3) is 2.89. The van der Waals surface area contributed by atoms with Crippen LogP contribution in [-0.2, 0) is 0 Å². The molecule has 4 rings (SSSR count). The number of piperidine rings is 1. The minimum Gasteiger partial charge on any atom is -0.408 e. The van der Waals surface area contributed by atoms with Crippen molar-refractivity contribution >= 4 is 23.0 Å². The maximum Gasteiger partial charge on any atom is 0.318 e. The number of aromatic nitrogens is 4. The number of likely N-dealkylation sites (tertiary alicyclic amines) is 1. The lowest BCUT2D eigenvalue weighted by atomic mass is 10.0. The van der Waals surface area contributed by atoms with Gasteiger partial charge >= 0.3 is 6.01 Å². The summed E-state index contributed by atoms with van der Waals surface area (Å²) >= 11 is 0. The van der Waals surface area contributed by atoms with Crippen molar-refractivity contribution in [1.29, 1.82) is 0 Å². The number of aromatic amines is 1. The lowest BCUT2D eigenvalue weighted by Gasteiger charge is -2.36. The molecule has 0 bridgehead atoms. The fourth-order valence-electron chi connectivity index (χ4n) is 3.39. The Kier molecular flexibility index (Phi) is 4.06. The van der Waals surface area contributed by atoms with Crippen molar-refractivity contribution in [3.05, 3.63) is 35.7 Å². The Bertz CT molecular complexity index is 944. The minimum atomic E-state index is -0.452. The average Bonchev–Trinajstić information content (AvgIpc) is 3.28. The van der Waals surface area contributed by atoms with Gasteiger partial charge in [0.1, 0.15) is 11.3 Å². The van der Waals surface area contributed by atoms with Gasteiger partial charge in [0.05, 0.1) is 17.4 Å². The smallest absolute Gasteiger partial charge is 0.318 e. The van der Waals surface area contributed by atoms with Crippen LogP contribution in [0.1, 0.15) is 29.1 Å². The summed E-state index contributed by atoms with van der Waals surface area (Å²) in [6, 6.07) is 3.28. The van der Waals surface area contributed by atoms with Gasteiger partial charge in [-0.2, -0.15) is 0 Å². The van der Waals surface area contributed by atoms with Crippen molar-refractivity contribution in [2.45, 2.75) is 25.8 Å². The monoisotopic (exact) mass is 358 g/mol. The van der Waals surface area contributed by atoms with Crippen LogP contribution in [0.2, 0.25) is 0 Å². The quantitative estimate of drug-likeness (QED) is 0.771. The number of H-pyrrole nitrogens is 1. The average molecular weight is 358 g/mol. The molecule has 9 heteroatoms. The van der Waals surface area contributed by atoms with E-state index in [4.69, 9.17) is 4.42 Å². The van der Waals surface area contributed by atoms with E-state index in [-0.39, 0.29) is 11.9 Å². The second-order valence-corrected chi connectivity index (χ2v) is 6.49. The molecular formula is C17H19FN6O2. The summed E-state index contributed by atoms with van der Waals surface area (Å²) in [6.45, 7) is 2.90. The Morgan fingerprint density at radius 1 is 1.35 bits per heavy atom. The second kappa shape index (κ2) is 6.40. The highest BCUT2D eigenvalue weighted by Gasteiger charge is 2.29. The highest BCUT2D eigenvalue weighted by molar-refractivity contribution is 6.04. The number of anilines is 1.